The molecule has 12 heavy (non-hydrogen) atoms. The maximum Gasteiger partial charge on any atom is 0.418 e. The second kappa shape index (κ2) is 4.12. The van der Waals surface area contributed by atoms with Crippen molar-refractivity contribution >= 4 is 18.1 Å². The van der Waals surface area contributed by atoms with Crippen LogP contribution in [0.1, 0.15) is 18.6 Å². The fraction of sp³-hybridized carbons (Fsp3) is 0.222. The van der Waals surface area contributed by atoms with Gasteiger partial charge in [-0.05, 0) is 13.0 Å². The number of halogens is 1. The summed E-state index contributed by atoms with van der Waals surface area (Å²) in [6.45, 7) is 3.13. The normalized spacial score (nSPS) is 12.2. The predicted octanol–water partition coefficient (Wildman–Crippen LogP) is 2.48. The van der Waals surface area contributed by atoms with E-state index in [-0.39, 0.29) is 6.10 Å². The maximum atomic E-state index is 9.91. The Balaban J connectivity index is 2.86. The van der Waals surface area contributed by atoms with Crippen LogP contribution in [0, 0.1) is 0 Å². The van der Waals surface area contributed by atoms with Gasteiger partial charge in [-0.15, -0.1) is 0 Å². The monoisotopic (exact) mass is 183 g/mol. The fourth-order valence-electron chi connectivity index (χ4n) is 0.940. The first-order chi connectivity index (χ1) is 5.75. The second-order valence-electron chi connectivity index (χ2n) is 2.36. The Kier molecular flexibility index (Phi) is 3.11. The number of hydrogen-bond acceptors (Lipinski definition) is 2. The molecule has 0 aliphatic rings. The van der Waals surface area contributed by atoms with Gasteiger partial charge < -0.3 is 4.74 Å². The summed E-state index contributed by atoms with van der Waals surface area (Å²) in [4.78, 5) is 9.91. The third-order valence-electron chi connectivity index (χ3n) is 1.57. The molecule has 0 amide bonds. The van der Waals surface area contributed by atoms with Crippen LogP contribution in [0.2, 0.25) is 5.02 Å². The van der Waals surface area contributed by atoms with Crippen molar-refractivity contribution in [2.45, 2.75) is 13.0 Å². The highest BCUT2D eigenvalue weighted by atomic mass is 35.5. The van der Waals surface area contributed by atoms with E-state index >= 15 is 0 Å². The van der Waals surface area contributed by atoms with Gasteiger partial charge in [0.25, 0.3) is 0 Å². The van der Waals surface area contributed by atoms with Crippen LogP contribution in [0.15, 0.2) is 24.3 Å². The summed E-state index contributed by atoms with van der Waals surface area (Å²) in [5.74, 6) is 0. The van der Waals surface area contributed by atoms with Crippen molar-refractivity contribution in [3.05, 3.63) is 34.9 Å². The first-order valence-corrected chi connectivity index (χ1v) is 3.90. The Bertz CT molecular complexity index is 273. The lowest BCUT2D eigenvalue weighted by Gasteiger charge is -2.09. The van der Waals surface area contributed by atoms with Crippen molar-refractivity contribution < 1.29 is 9.53 Å². The third-order valence-corrected chi connectivity index (χ3v) is 1.91. The SMILES string of the molecule is C[C@@H](O[C]=O)c1ccccc1Cl. The van der Waals surface area contributed by atoms with Gasteiger partial charge in [-0.25, -0.2) is 4.79 Å². The van der Waals surface area contributed by atoms with Crippen LogP contribution in [0.5, 0.6) is 0 Å². The van der Waals surface area contributed by atoms with Crippen LogP contribution in [0.3, 0.4) is 0 Å². The summed E-state index contributed by atoms with van der Waals surface area (Å²) >= 11 is 5.85. The van der Waals surface area contributed by atoms with Gasteiger partial charge in [-0.1, -0.05) is 29.8 Å². The Morgan fingerprint density at radius 3 is 2.75 bits per heavy atom. The minimum absolute atomic E-state index is 0.337. The van der Waals surface area contributed by atoms with Crippen molar-refractivity contribution in [3.63, 3.8) is 0 Å². The zero-order valence-electron chi connectivity index (χ0n) is 6.58. The molecule has 63 valence electrons. The van der Waals surface area contributed by atoms with E-state index in [1.165, 1.54) is 6.47 Å². The van der Waals surface area contributed by atoms with Crippen LogP contribution in [0.4, 0.5) is 0 Å². The molecule has 0 aliphatic carbocycles. The van der Waals surface area contributed by atoms with Crippen molar-refractivity contribution in [2.75, 3.05) is 0 Å². The molecule has 0 bridgehead atoms. The quantitative estimate of drug-likeness (QED) is 0.720. The highest BCUT2D eigenvalue weighted by Crippen LogP contribution is 2.23. The Morgan fingerprint density at radius 1 is 1.50 bits per heavy atom. The van der Waals surface area contributed by atoms with Gasteiger partial charge in [0, 0.05) is 10.6 Å². The largest absolute Gasteiger partial charge is 0.449 e. The summed E-state index contributed by atoms with van der Waals surface area (Å²) < 4.78 is 4.62. The molecule has 0 unspecified atom stereocenters. The Hall–Kier alpha value is -1.02. The standard InChI is InChI=1S/C9H8ClO2/c1-7(12-6-11)8-4-2-3-5-9(8)10/h2-5,7H,1H3/t7-/m1/s1. The van der Waals surface area contributed by atoms with Crippen LogP contribution in [0.25, 0.3) is 0 Å². The van der Waals surface area contributed by atoms with Gasteiger partial charge in [0.05, 0.1) is 0 Å². The number of hydrogen-bond donors (Lipinski definition) is 0. The predicted molar refractivity (Wildman–Crippen MR) is 46.6 cm³/mol. The van der Waals surface area contributed by atoms with Crippen LogP contribution < -0.4 is 0 Å². The van der Waals surface area contributed by atoms with E-state index in [0.29, 0.717) is 5.02 Å². The van der Waals surface area contributed by atoms with E-state index in [4.69, 9.17) is 11.6 Å². The smallest absolute Gasteiger partial charge is 0.418 e. The minimum atomic E-state index is -0.337. The molecule has 1 radical (unpaired) electrons. The molecule has 1 atom stereocenters. The molecule has 1 aromatic rings. The van der Waals surface area contributed by atoms with Crippen LogP contribution >= 0.6 is 11.6 Å². The summed E-state index contributed by atoms with van der Waals surface area (Å²) in [6.07, 6.45) is -0.337. The molecule has 0 fully saturated rings. The van der Waals surface area contributed by atoms with E-state index in [9.17, 15) is 4.79 Å². The summed E-state index contributed by atoms with van der Waals surface area (Å²) in [5.41, 5.74) is 0.794. The molecule has 2 nitrogen and oxygen atoms in total. The molecule has 0 N–H and O–H groups in total. The topological polar surface area (TPSA) is 26.3 Å². The molecule has 0 aromatic heterocycles. The molecular weight excluding hydrogens is 176 g/mol. The molecule has 3 heteroatoms. The van der Waals surface area contributed by atoms with Crippen LogP contribution in [-0.2, 0) is 9.53 Å². The van der Waals surface area contributed by atoms with E-state index in [0.717, 1.165) is 5.56 Å². The number of benzene rings is 1. The highest BCUT2D eigenvalue weighted by molar-refractivity contribution is 6.31. The second-order valence-corrected chi connectivity index (χ2v) is 2.77. The summed E-state index contributed by atoms with van der Waals surface area (Å²) in [6, 6.07) is 7.22. The molecule has 0 saturated carbocycles. The average Bonchev–Trinajstić information content (AvgIpc) is 2.05. The molecule has 0 spiro atoms. The van der Waals surface area contributed by atoms with Crippen molar-refractivity contribution in [3.8, 4) is 0 Å². The first-order valence-electron chi connectivity index (χ1n) is 3.53. The Labute approximate surface area is 76.1 Å². The first kappa shape index (κ1) is 9.07. The van der Waals surface area contributed by atoms with Gasteiger partial charge in [-0.3, -0.25) is 0 Å². The van der Waals surface area contributed by atoms with Gasteiger partial charge in [0.2, 0.25) is 0 Å². The van der Waals surface area contributed by atoms with E-state index < -0.39 is 0 Å². The van der Waals surface area contributed by atoms with Crippen molar-refractivity contribution in [1.82, 2.24) is 0 Å². The molecule has 0 aliphatic heterocycles. The van der Waals surface area contributed by atoms with Gasteiger partial charge in [0.1, 0.15) is 6.10 Å². The van der Waals surface area contributed by atoms with E-state index in [1.807, 2.05) is 18.2 Å². The van der Waals surface area contributed by atoms with Gasteiger partial charge in [0.15, 0.2) is 0 Å². The maximum absolute atomic E-state index is 9.91. The zero-order valence-corrected chi connectivity index (χ0v) is 7.34. The van der Waals surface area contributed by atoms with Gasteiger partial charge >= 0.3 is 6.47 Å². The average molecular weight is 184 g/mol. The van der Waals surface area contributed by atoms with Crippen LogP contribution in [-0.4, -0.2) is 6.47 Å². The lowest BCUT2D eigenvalue weighted by atomic mass is 10.1. The molecule has 0 heterocycles. The summed E-state index contributed by atoms with van der Waals surface area (Å²) in [7, 11) is 0. The minimum Gasteiger partial charge on any atom is -0.449 e. The Morgan fingerprint density at radius 2 is 2.17 bits per heavy atom. The third kappa shape index (κ3) is 1.98. The molecule has 0 saturated heterocycles. The lowest BCUT2D eigenvalue weighted by Crippen LogP contribution is -1.98. The van der Waals surface area contributed by atoms with E-state index in [2.05, 4.69) is 4.74 Å². The highest BCUT2D eigenvalue weighted by Gasteiger charge is 2.08. The van der Waals surface area contributed by atoms with Crippen molar-refractivity contribution in [2.24, 2.45) is 0 Å². The number of carbonyl (C=O) groups excluding carboxylic acids is 1. The molecule has 1 aromatic carbocycles. The molecular formula is C9H8ClO2. The summed E-state index contributed by atoms with van der Waals surface area (Å²) in [5, 5.41) is 0.597. The number of ether oxygens (including phenoxy) is 1. The lowest BCUT2D eigenvalue weighted by molar-refractivity contribution is 0.198. The number of rotatable bonds is 3. The van der Waals surface area contributed by atoms with Gasteiger partial charge in [-0.2, -0.15) is 0 Å². The zero-order chi connectivity index (χ0) is 8.97. The fourth-order valence-corrected chi connectivity index (χ4v) is 1.23. The molecule has 1 rings (SSSR count). The van der Waals surface area contributed by atoms with E-state index in [1.54, 1.807) is 13.0 Å². The van der Waals surface area contributed by atoms with Crippen molar-refractivity contribution in [1.29, 1.82) is 0 Å².